The van der Waals surface area contributed by atoms with Crippen LogP contribution in [0.15, 0.2) is 30.6 Å². The van der Waals surface area contributed by atoms with E-state index in [0.29, 0.717) is 0 Å². The maximum Gasteiger partial charge on any atom is 0.159 e. The summed E-state index contributed by atoms with van der Waals surface area (Å²) in [6.45, 7) is 0. The van der Waals surface area contributed by atoms with Gasteiger partial charge in [0.05, 0.1) is 11.7 Å². The third-order valence-electron chi connectivity index (χ3n) is 1.99. The van der Waals surface area contributed by atoms with Crippen LogP contribution in [-0.4, -0.2) is 20.2 Å². The van der Waals surface area contributed by atoms with Crippen LogP contribution in [0.2, 0.25) is 0 Å². The highest BCUT2D eigenvalue weighted by Gasteiger charge is 1.99. The zero-order chi connectivity index (χ0) is 8.67. The zero-order valence-corrected chi connectivity index (χ0v) is 6.73. The molecule has 0 aromatic carbocycles. The van der Waals surface area contributed by atoms with Crippen molar-refractivity contribution in [3.05, 3.63) is 30.6 Å². The van der Waals surface area contributed by atoms with E-state index in [4.69, 9.17) is 0 Å². The highest BCUT2D eigenvalue weighted by molar-refractivity contribution is 5.88. The van der Waals surface area contributed by atoms with E-state index in [2.05, 4.69) is 20.2 Å². The maximum absolute atomic E-state index is 4.33. The minimum atomic E-state index is 0.761. The van der Waals surface area contributed by atoms with Crippen molar-refractivity contribution in [3.63, 3.8) is 0 Å². The second-order valence-electron chi connectivity index (χ2n) is 2.84. The van der Waals surface area contributed by atoms with Crippen molar-refractivity contribution < 1.29 is 0 Å². The highest BCUT2D eigenvalue weighted by atomic mass is 15.1. The van der Waals surface area contributed by atoms with Crippen molar-refractivity contribution in [2.45, 2.75) is 0 Å². The second-order valence-corrected chi connectivity index (χ2v) is 2.84. The summed E-state index contributed by atoms with van der Waals surface area (Å²) in [5.74, 6) is 0. The van der Waals surface area contributed by atoms with Crippen LogP contribution < -0.4 is 0 Å². The van der Waals surface area contributed by atoms with Gasteiger partial charge < -0.3 is 0 Å². The highest BCUT2D eigenvalue weighted by Crippen LogP contribution is 2.14. The Hall–Kier alpha value is -1.97. The van der Waals surface area contributed by atoms with Gasteiger partial charge in [-0.1, -0.05) is 0 Å². The van der Waals surface area contributed by atoms with Crippen molar-refractivity contribution in [1.82, 2.24) is 20.2 Å². The molecule has 13 heavy (non-hydrogen) atoms. The van der Waals surface area contributed by atoms with E-state index in [1.54, 1.807) is 12.4 Å². The van der Waals surface area contributed by atoms with Gasteiger partial charge in [0.15, 0.2) is 5.65 Å². The molecule has 1 N–H and O–H groups in total. The fourth-order valence-corrected chi connectivity index (χ4v) is 1.37. The standard InChI is InChI=1S/C9H6N4/c1-2-6-4-7-8(5-11-13-7)12-9(6)10-3-1/h1-5H,(H,11,13). The fourth-order valence-electron chi connectivity index (χ4n) is 1.37. The lowest BCUT2D eigenvalue weighted by molar-refractivity contribution is 1.12. The lowest BCUT2D eigenvalue weighted by atomic mass is 10.2. The van der Waals surface area contributed by atoms with Crippen LogP contribution in [0.4, 0.5) is 0 Å². The minimum Gasteiger partial charge on any atom is -0.276 e. The summed E-state index contributed by atoms with van der Waals surface area (Å²) in [7, 11) is 0. The minimum absolute atomic E-state index is 0.761. The van der Waals surface area contributed by atoms with E-state index in [1.165, 1.54) is 0 Å². The second kappa shape index (κ2) is 2.26. The maximum atomic E-state index is 4.33. The van der Waals surface area contributed by atoms with Crippen LogP contribution in [0.5, 0.6) is 0 Å². The molecule has 4 heteroatoms. The smallest absolute Gasteiger partial charge is 0.159 e. The van der Waals surface area contributed by atoms with Crippen LogP contribution in [0.1, 0.15) is 0 Å². The van der Waals surface area contributed by atoms with E-state index in [1.807, 2.05) is 18.2 Å². The topological polar surface area (TPSA) is 54.5 Å². The summed E-state index contributed by atoms with van der Waals surface area (Å²) in [6, 6.07) is 5.87. The number of nitrogens with zero attached hydrogens (tertiary/aromatic N) is 3. The number of H-pyrrole nitrogens is 1. The lowest BCUT2D eigenvalue weighted by Crippen LogP contribution is -1.82. The van der Waals surface area contributed by atoms with Crippen molar-refractivity contribution in [3.8, 4) is 0 Å². The van der Waals surface area contributed by atoms with E-state index < -0.39 is 0 Å². The molecule has 62 valence electrons. The normalized spacial score (nSPS) is 11.1. The number of pyridine rings is 2. The van der Waals surface area contributed by atoms with Gasteiger partial charge in [-0.05, 0) is 18.2 Å². The summed E-state index contributed by atoms with van der Waals surface area (Å²) in [5.41, 5.74) is 2.56. The van der Waals surface area contributed by atoms with Gasteiger partial charge in [-0.3, -0.25) is 5.10 Å². The van der Waals surface area contributed by atoms with Crippen molar-refractivity contribution in [2.75, 3.05) is 0 Å². The van der Waals surface area contributed by atoms with Crippen LogP contribution in [0.25, 0.3) is 22.1 Å². The molecule has 3 heterocycles. The Bertz CT molecular complexity index is 520. The zero-order valence-electron chi connectivity index (χ0n) is 6.73. The van der Waals surface area contributed by atoms with Gasteiger partial charge in [-0.2, -0.15) is 5.10 Å². The Kier molecular flexibility index (Phi) is 1.14. The number of nitrogens with one attached hydrogen (secondary N) is 1. The Labute approximate surface area is 73.6 Å². The SMILES string of the molecule is c1cnc2nc3cn[nH]c3cc2c1. The molecular formula is C9H6N4. The van der Waals surface area contributed by atoms with E-state index in [0.717, 1.165) is 22.1 Å². The monoisotopic (exact) mass is 170 g/mol. The van der Waals surface area contributed by atoms with Gasteiger partial charge in [0.25, 0.3) is 0 Å². The van der Waals surface area contributed by atoms with Crippen LogP contribution >= 0.6 is 0 Å². The molecule has 0 saturated heterocycles. The molecule has 0 bridgehead atoms. The number of fused-ring (bicyclic) bond motifs is 2. The van der Waals surface area contributed by atoms with E-state index in [9.17, 15) is 0 Å². The van der Waals surface area contributed by atoms with Gasteiger partial charge in [0, 0.05) is 11.6 Å². The van der Waals surface area contributed by atoms with Gasteiger partial charge in [-0.15, -0.1) is 0 Å². The molecule has 0 atom stereocenters. The first-order valence-electron chi connectivity index (χ1n) is 3.98. The average Bonchev–Trinajstić information content (AvgIpc) is 2.61. The first-order valence-corrected chi connectivity index (χ1v) is 3.98. The Morgan fingerprint density at radius 2 is 2.31 bits per heavy atom. The Morgan fingerprint density at radius 1 is 1.31 bits per heavy atom. The average molecular weight is 170 g/mol. The third-order valence-corrected chi connectivity index (χ3v) is 1.99. The molecule has 4 nitrogen and oxygen atoms in total. The summed E-state index contributed by atoms with van der Waals surface area (Å²) in [4.78, 5) is 8.49. The van der Waals surface area contributed by atoms with Gasteiger partial charge in [0.2, 0.25) is 0 Å². The molecule has 0 spiro atoms. The molecule has 3 aromatic heterocycles. The molecule has 0 aliphatic rings. The summed E-state index contributed by atoms with van der Waals surface area (Å²) in [6.07, 6.45) is 3.44. The molecule has 0 radical (unpaired) electrons. The van der Waals surface area contributed by atoms with E-state index in [-0.39, 0.29) is 0 Å². The first-order chi connectivity index (χ1) is 6.43. The predicted octanol–water partition coefficient (Wildman–Crippen LogP) is 1.51. The quantitative estimate of drug-likeness (QED) is 0.556. The largest absolute Gasteiger partial charge is 0.276 e. The third kappa shape index (κ3) is 0.885. The van der Waals surface area contributed by atoms with Gasteiger partial charge in [0.1, 0.15) is 5.52 Å². The molecule has 0 saturated carbocycles. The van der Waals surface area contributed by atoms with Crippen molar-refractivity contribution in [2.24, 2.45) is 0 Å². The van der Waals surface area contributed by atoms with E-state index >= 15 is 0 Å². The van der Waals surface area contributed by atoms with Crippen LogP contribution in [0.3, 0.4) is 0 Å². The molecule has 0 fully saturated rings. The van der Waals surface area contributed by atoms with Gasteiger partial charge in [-0.25, -0.2) is 9.97 Å². The molecule has 0 amide bonds. The lowest BCUT2D eigenvalue weighted by Gasteiger charge is -1.94. The molecule has 3 aromatic rings. The molecule has 0 aliphatic carbocycles. The first kappa shape index (κ1) is 6.54. The number of hydrogen-bond donors (Lipinski definition) is 1. The molecular weight excluding hydrogens is 164 g/mol. The number of aromatic amines is 1. The van der Waals surface area contributed by atoms with Gasteiger partial charge >= 0.3 is 0 Å². The van der Waals surface area contributed by atoms with Crippen LogP contribution in [-0.2, 0) is 0 Å². The molecule has 0 aliphatic heterocycles. The molecule has 3 rings (SSSR count). The van der Waals surface area contributed by atoms with Crippen LogP contribution in [0, 0.1) is 0 Å². The molecule has 0 unspecified atom stereocenters. The van der Waals surface area contributed by atoms with Crippen molar-refractivity contribution in [1.29, 1.82) is 0 Å². The number of hydrogen-bond acceptors (Lipinski definition) is 3. The predicted molar refractivity (Wildman–Crippen MR) is 49.2 cm³/mol. The number of aromatic nitrogens is 4. The number of rotatable bonds is 0. The fraction of sp³-hybridized carbons (Fsp3) is 0. The summed E-state index contributed by atoms with van der Waals surface area (Å²) >= 11 is 0. The Morgan fingerprint density at radius 3 is 3.31 bits per heavy atom. The van der Waals surface area contributed by atoms with Crippen molar-refractivity contribution >= 4 is 22.1 Å². The summed E-state index contributed by atoms with van der Waals surface area (Å²) in [5, 5.41) is 7.81. The summed E-state index contributed by atoms with van der Waals surface area (Å²) < 4.78 is 0. The Balaban J connectivity index is 2.57.